The molecule has 0 aliphatic carbocycles. The fourth-order valence-corrected chi connectivity index (χ4v) is 3.82. The van der Waals surface area contributed by atoms with E-state index in [9.17, 15) is 4.79 Å². The van der Waals surface area contributed by atoms with Crippen LogP contribution in [0.25, 0.3) is 11.3 Å². The Hall–Kier alpha value is -2.66. The molecule has 0 radical (unpaired) electrons. The standard InChI is InChI=1S/C21H21ClN4O/c1-14-18(12-23-25-14)21(27)26-10-4-6-16(13-26)20-9-3-8-19(24-20)15-5-2-7-17(22)11-15/h2-3,5,7-9,11-12,16H,4,6,10,13H2,1H3,(H,23,25)/t16-/m0/s1. The van der Waals surface area contributed by atoms with Crippen molar-refractivity contribution >= 4 is 17.5 Å². The first kappa shape index (κ1) is 17.7. The first-order chi connectivity index (χ1) is 13.1. The number of aromatic nitrogens is 3. The molecule has 1 amide bonds. The number of hydrogen-bond donors (Lipinski definition) is 1. The van der Waals surface area contributed by atoms with Crippen molar-refractivity contribution in [1.82, 2.24) is 20.1 Å². The summed E-state index contributed by atoms with van der Waals surface area (Å²) in [6, 6.07) is 13.8. The minimum absolute atomic E-state index is 0.0388. The van der Waals surface area contributed by atoms with Gasteiger partial charge in [-0.1, -0.05) is 29.8 Å². The number of H-pyrrole nitrogens is 1. The van der Waals surface area contributed by atoms with Crippen LogP contribution >= 0.6 is 11.6 Å². The zero-order valence-corrected chi connectivity index (χ0v) is 15.9. The summed E-state index contributed by atoms with van der Waals surface area (Å²) in [5.41, 5.74) is 4.39. The summed E-state index contributed by atoms with van der Waals surface area (Å²) < 4.78 is 0. The third kappa shape index (κ3) is 3.74. The Kier molecular flexibility index (Phi) is 4.94. The van der Waals surface area contributed by atoms with Crippen molar-refractivity contribution in [1.29, 1.82) is 0 Å². The highest BCUT2D eigenvalue weighted by atomic mass is 35.5. The highest BCUT2D eigenvalue weighted by Gasteiger charge is 2.27. The van der Waals surface area contributed by atoms with Crippen LogP contribution in [0.4, 0.5) is 0 Å². The molecule has 3 heterocycles. The van der Waals surface area contributed by atoms with E-state index in [1.165, 1.54) is 0 Å². The van der Waals surface area contributed by atoms with E-state index in [2.05, 4.69) is 16.3 Å². The van der Waals surface area contributed by atoms with Crippen LogP contribution in [0, 0.1) is 6.92 Å². The molecule has 0 spiro atoms. The second kappa shape index (κ2) is 7.53. The average molecular weight is 381 g/mol. The zero-order valence-electron chi connectivity index (χ0n) is 15.2. The Labute approximate surface area is 163 Å². The SMILES string of the molecule is Cc1[nH]ncc1C(=O)N1CCC[C@H](c2cccc(-c3cccc(Cl)c3)n2)C1. The van der Waals surface area contributed by atoms with Crippen LogP contribution in [0.1, 0.15) is 40.5 Å². The lowest BCUT2D eigenvalue weighted by Gasteiger charge is -2.32. The van der Waals surface area contributed by atoms with Crippen LogP contribution in [0.5, 0.6) is 0 Å². The number of benzene rings is 1. The number of rotatable bonds is 3. The van der Waals surface area contributed by atoms with Crippen molar-refractivity contribution in [2.75, 3.05) is 13.1 Å². The molecular weight excluding hydrogens is 360 g/mol. The monoisotopic (exact) mass is 380 g/mol. The van der Waals surface area contributed by atoms with Gasteiger partial charge in [0.1, 0.15) is 0 Å². The van der Waals surface area contributed by atoms with Crippen LogP contribution in [0.15, 0.2) is 48.7 Å². The molecule has 4 rings (SSSR count). The normalized spacial score (nSPS) is 17.1. The lowest BCUT2D eigenvalue weighted by atomic mass is 9.93. The predicted octanol–water partition coefficient (Wildman–Crippen LogP) is 4.45. The molecule has 1 aliphatic heterocycles. The number of carbonyl (C=O) groups excluding carboxylic acids is 1. The minimum Gasteiger partial charge on any atom is -0.338 e. The molecule has 3 aromatic rings. The number of carbonyl (C=O) groups is 1. The van der Waals surface area contributed by atoms with Crippen molar-refractivity contribution in [3.05, 3.63) is 70.6 Å². The lowest BCUT2D eigenvalue weighted by Crippen LogP contribution is -2.39. The molecule has 0 unspecified atom stereocenters. The van der Waals surface area contributed by atoms with Gasteiger partial charge in [0, 0.05) is 41.0 Å². The molecule has 6 heteroatoms. The Morgan fingerprint density at radius 2 is 2.11 bits per heavy atom. The topological polar surface area (TPSA) is 61.9 Å². The van der Waals surface area contributed by atoms with Gasteiger partial charge < -0.3 is 4.90 Å². The number of nitrogens with zero attached hydrogens (tertiary/aromatic N) is 3. The minimum atomic E-state index is 0.0388. The Bertz CT molecular complexity index is 968. The molecule has 1 saturated heterocycles. The number of likely N-dealkylation sites (tertiary alicyclic amines) is 1. The molecule has 5 nitrogen and oxygen atoms in total. The zero-order chi connectivity index (χ0) is 18.8. The maximum atomic E-state index is 12.8. The van der Waals surface area contributed by atoms with Crippen LogP contribution in [0.2, 0.25) is 5.02 Å². The van der Waals surface area contributed by atoms with Gasteiger partial charge in [0.25, 0.3) is 5.91 Å². The van der Waals surface area contributed by atoms with E-state index in [-0.39, 0.29) is 11.8 Å². The molecule has 1 fully saturated rings. The van der Waals surface area contributed by atoms with Crippen LogP contribution in [-0.4, -0.2) is 39.1 Å². The van der Waals surface area contributed by atoms with E-state index in [1.54, 1.807) is 6.20 Å². The summed E-state index contributed by atoms with van der Waals surface area (Å²) in [7, 11) is 0. The van der Waals surface area contributed by atoms with Crippen molar-refractivity contribution in [2.45, 2.75) is 25.7 Å². The molecule has 0 saturated carbocycles. The largest absolute Gasteiger partial charge is 0.338 e. The summed E-state index contributed by atoms with van der Waals surface area (Å²) in [6.07, 6.45) is 3.61. The number of hydrogen-bond acceptors (Lipinski definition) is 3. The van der Waals surface area contributed by atoms with Crippen LogP contribution in [-0.2, 0) is 0 Å². The van der Waals surface area contributed by atoms with Gasteiger partial charge >= 0.3 is 0 Å². The van der Waals surface area contributed by atoms with E-state index < -0.39 is 0 Å². The van der Waals surface area contributed by atoms with E-state index in [4.69, 9.17) is 16.6 Å². The molecular formula is C21H21ClN4O. The summed E-state index contributed by atoms with van der Waals surface area (Å²) in [5.74, 6) is 0.269. The number of nitrogens with one attached hydrogen (secondary N) is 1. The van der Waals surface area contributed by atoms with E-state index >= 15 is 0 Å². The van der Waals surface area contributed by atoms with Gasteiger partial charge in [-0.2, -0.15) is 5.10 Å². The van der Waals surface area contributed by atoms with Gasteiger partial charge in [0.2, 0.25) is 0 Å². The van der Waals surface area contributed by atoms with Crippen molar-refractivity contribution in [3.8, 4) is 11.3 Å². The number of amides is 1. The molecule has 0 bridgehead atoms. The van der Waals surface area contributed by atoms with Gasteiger partial charge in [-0.05, 0) is 44.0 Å². The van der Waals surface area contributed by atoms with Crippen molar-refractivity contribution in [2.24, 2.45) is 0 Å². The van der Waals surface area contributed by atoms with Crippen molar-refractivity contribution in [3.63, 3.8) is 0 Å². The third-order valence-corrected chi connectivity index (χ3v) is 5.31. The van der Waals surface area contributed by atoms with E-state index in [0.29, 0.717) is 17.1 Å². The number of piperidine rings is 1. The summed E-state index contributed by atoms with van der Waals surface area (Å²) >= 11 is 6.12. The van der Waals surface area contributed by atoms with Gasteiger partial charge in [-0.15, -0.1) is 0 Å². The van der Waals surface area contributed by atoms with Crippen LogP contribution in [0.3, 0.4) is 0 Å². The number of halogens is 1. The maximum Gasteiger partial charge on any atom is 0.257 e. The van der Waals surface area contributed by atoms with Gasteiger partial charge in [0.05, 0.1) is 17.5 Å². The predicted molar refractivity (Wildman–Crippen MR) is 106 cm³/mol. The highest BCUT2D eigenvalue weighted by molar-refractivity contribution is 6.30. The molecule has 1 atom stereocenters. The van der Waals surface area contributed by atoms with E-state index in [0.717, 1.165) is 42.0 Å². The average Bonchev–Trinajstić information content (AvgIpc) is 3.13. The smallest absolute Gasteiger partial charge is 0.257 e. The molecule has 27 heavy (non-hydrogen) atoms. The second-order valence-corrected chi connectivity index (χ2v) is 7.39. The van der Waals surface area contributed by atoms with Gasteiger partial charge in [-0.25, -0.2) is 0 Å². The van der Waals surface area contributed by atoms with Gasteiger partial charge in [-0.3, -0.25) is 14.9 Å². The van der Waals surface area contributed by atoms with Crippen LogP contribution < -0.4 is 0 Å². The second-order valence-electron chi connectivity index (χ2n) is 6.96. The number of aryl methyl sites for hydroxylation is 1. The van der Waals surface area contributed by atoms with Crippen molar-refractivity contribution < 1.29 is 4.79 Å². The fourth-order valence-electron chi connectivity index (χ4n) is 3.63. The number of pyridine rings is 1. The first-order valence-corrected chi connectivity index (χ1v) is 9.52. The summed E-state index contributed by atoms with van der Waals surface area (Å²) in [5, 5.41) is 7.51. The summed E-state index contributed by atoms with van der Waals surface area (Å²) in [6.45, 7) is 3.32. The molecule has 1 aliphatic rings. The molecule has 138 valence electrons. The lowest BCUT2D eigenvalue weighted by molar-refractivity contribution is 0.0705. The van der Waals surface area contributed by atoms with E-state index in [1.807, 2.05) is 48.2 Å². The first-order valence-electron chi connectivity index (χ1n) is 9.14. The maximum absolute atomic E-state index is 12.8. The molecule has 1 N–H and O–H groups in total. The Morgan fingerprint density at radius 1 is 1.26 bits per heavy atom. The Morgan fingerprint density at radius 3 is 2.89 bits per heavy atom. The quantitative estimate of drug-likeness (QED) is 0.730. The third-order valence-electron chi connectivity index (χ3n) is 5.08. The van der Waals surface area contributed by atoms with Gasteiger partial charge in [0.15, 0.2) is 0 Å². The molecule has 1 aromatic carbocycles. The summed E-state index contributed by atoms with van der Waals surface area (Å²) in [4.78, 5) is 19.6. The number of aromatic amines is 1. The fraction of sp³-hybridized carbons (Fsp3) is 0.286. The molecule has 2 aromatic heterocycles. The Balaban J connectivity index is 1.56. The highest BCUT2D eigenvalue weighted by Crippen LogP contribution is 2.29.